The van der Waals surface area contributed by atoms with Crippen molar-refractivity contribution in [3.63, 3.8) is 0 Å². The number of nitrogens with zero attached hydrogens (tertiary/aromatic N) is 2. The van der Waals surface area contributed by atoms with Crippen LogP contribution in [0.15, 0.2) is 12.4 Å². The van der Waals surface area contributed by atoms with Gasteiger partial charge in [-0.1, -0.05) is 181 Å². The fourth-order valence-electron chi connectivity index (χ4n) is 6.50. The largest absolute Gasteiger partial charge is 0.256 e. The number of hydrogen-bond acceptors (Lipinski definition) is 0. The van der Waals surface area contributed by atoms with E-state index in [2.05, 4.69) is 42.3 Å². The maximum atomic E-state index is 2.63. The van der Waals surface area contributed by atoms with Gasteiger partial charge in [0, 0.05) is 6.42 Å². The van der Waals surface area contributed by atoms with E-state index in [4.69, 9.17) is 0 Å². The highest BCUT2D eigenvalue weighted by atomic mass is 15.1. The standard InChI is InChI=1S/C39H77N2/c1-4-7-10-13-16-18-19-20-21-22-24-27-30-33-36-41-38-37-40(35-32-29-26-23-17-14-11-8-5-2)39(41)34-31-28-25-15-12-9-6-3/h37-38H,4-36H2,1-3H3/q+1. The van der Waals surface area contributed by atoms with E-state index in [1.54, 1.807) is 5.82 Å². The fraction of sp³-hybridized carbons (Fsp3) is 0.923. The van der Waals surface area contributed by atoms with Crippen molar-refractivity contribution < 1.29 is 4.57 Å². The topological polar surface area (TPSA) is 8.81 Å². The highest BCUT2D eigenvalue weighted by Gasteiger charge is 2.16. The maximum absolute atomic E-state index is 2.63. The molecule has 0 saturated heterocycles. The van der Waals surface area contributed by atoms with Crippen molar-refractivity contribution in [1.29, 1.82) is 0 Å². The Kier molecular flexibility index (Phi) is 28.6. The highest BCUT2D eigenvalue weighted by Crippen LogP contribution is 2.15. The summed E-state index contributed by atoms with van der Waals surface area (Å²) in [5.41, 5.74) is 0. The lowest BCUT2D eigenvalue weighted by Gasteiger charge is -2.07. The van der Waals surface area contributed by atoms with Gasteiger partial charge in [-0.05, 0) is 32.1 Å². The molecule has 0 amide bonds. The summed E-state index contributed by atoms with van der Waals surface area (Å²) in [6, 6.07) is 0. The summed E-state index contributed by atoms with van der Waals surface area (Å²) in [5.74, 6) is 1.62. The van der Waals surface area contributed by atoms with E-state index in [9.17, 15) is 0 Å². The molecule has 0 unspecified atom stereocenters. The van der Waals surface area contributed by atoms with Crippen LogP contribution < -0.4 is 4.57 Å². The first-order valence-electron chi connectivity index (χ1n) is 19.4. The number of imidazole rings is 1. The molecule has 0 N–H and O–H groups in total. The van der Waals surface area contributed by atoms with Crippen molar-refractivity contribution in [3.05, 3.63) is 18.2 Å². The van der Waals surface area contributed by atoms with Gasteiger partial charge in [0.15, 0.2) is 0 Å². The van der Waals surface area contributed by atoms with Crippen LogP contribution in [-0.4, -0.2) is 4.57 Å². The van der Waals surface area contributed by atoms with Gasteiger partial charge in [-0.25, -0.2) is 9.13 Å². The van der Waals surface area contributed by atoms with Gasteiger partial charge in [0.25, 0.3) is 5.82 Å². The third kappa shape index (κ3) is 23.4. The van der Waals surface area contributed by atoms with E-state index in [-0.39, 0.29) is 0 Å². The van der Waals surface area contributed by atoms with E-state index in [1.807, 2.05) is 0 Å². The molecule has 0 aromatic carbocycles. The normalized spacial score (nSPS) is 11.6. The van der Waals surface area contributed by atoms with Crippen molar-refractivity contribution in [2.24, 2.45) is 0 Å². The summed E-state index contributed by atoms with van der Waals surface area (Å²) in [5, 5.41) is 0. The molecule has 2 heteroatoms. The molecule has 0 aliphatic carbocycles. The maximum Gasteiger partial charge on any atom is 0.256 e. The van der Waals surface area contributed by atoms with Gasteiger partial charge in [-0.15, -0.1) is 0 Å². The Hall–Kier alpha value is -0.790. The Morgan fingerprint density at radius 3 is 1.17 bits per heavy atom. The summed E-state index contributed by atoms with van der Waals surface area (Å²) in [4.78, 5) is 0. The van der Waals surface area contributed by atoms with Crippen LogP contribution in [-0.2, 0) is 19.5 Å². The van der Waals surface area contributed by atoms with Gasteiger partial charge in [-0.3, -0.25) is 0 Å². The lowest BCUT2D eigenvalue weighted by molar-refractivity contribution is -0.704. The van der Waals surface area contributed by atoms with Gasteiger partial charge >= 0.3 is 0 Å². The van der Waals surface area contributed by atoms with Crippen LogP contribution in [0, 0.1) is 0 Å². The first kappa shape index (κ1) is 38.2. The molecule has 0 spiro atoms. The molecule has 1 aromatic rings. The van der Waals surface area contributed by atoms with E-state index in [0.717, 1.165) is 0 Å². The summed E-state index contributed by atoms with van der Waals surface area (Å²) in [6.45, 7) is 9.40. The van der Waals surface area contributed by atoms with E-state index in [0.29, 0.717) is 0 Å². The molecular weight excluding hydrogens is 496 g/mol. The molecule has 0 atom stereocenters. The molecule has 0 saturated carbocycles. The summed E-state index contributed by atoms with van der Waals surface area (Å²) >= 11 is 0. The SMILES string of the molecule is CCCCCCCCCCCCCCCC[n+]1ccn(CCCCCCCCCCC)c1CCCCCCCCC. The van der Waals surface area contributed by atoms with Crippen LogP contribution in [0.2, 0.25) is 0 Å². The Bertz CT molecular complexity index is 634. The van der Waals surface area contributed by atoms with Crippen molar-refractivity contribution in [1.82, 2.24) is 4.57 Å². The zero-order valence-corrected chi connectivity index (χ0v) is 28.9. The molecule has 1 aromatic heterocycles. The molecule has 0 aliphatic rings. The van der Waals surface area contributed by atoms with Crippen molar-refractivity contribution in [2.75, 3.05) is 0 Å². The second-order valence-corrected chi connectivity index (χ2v) is 13.4. The van der Waals surface area contributed by atoms with E-state index < -0.39 is 0 Å². The fourth-order valence-corrected chi connectivity index (χ4v) is 6.50. The van der Waals surface area contributed by atoms with Crippen molar-refractivity contribution >= 4 is 0 Å². The average Bonchev–Trinajstić information content (AvgIpc) is 3.37. The van der Waals surface area contributed by atoms with Gasteiger partial charge < -0.3 is 0 Å². The summed E-state index contributed by atoms with van der Waals surface area (Å²) in [7, 11) is 0. The summed E-state index contributed by atoms with van der Waals surface area (Å²) in [6.07, 6.45) is 48.9. The molecule has 0 bridgehead atoms. The van der Waals surface area contributed by atoms with Crippen LogP contribution in [0.1, 0.15) is 219 Å². The lowest BCUT2D eigenvalue weighted by atomic mass is 10.0. The molecule has 0 aliphatic heterocycles. The van der Waals surface area contributed by atoms with Crippen LogP contribution in [0.3, 0.4) is 0 Å². The lowest BCUT2D eigenvalue weighted by Crippen LogP contribution is -2.37. The number of aromatic nitrogens is 2. The van der Waals surface area contributed by atoms with Crippen LogP contribution in [0.4, 0.5) is 0 Å². The van der Waals surface area contributed by atoms with Crippen LogP contribution in [0.25, 0.3) is 0 Å². The smallest absolute Gasteiger partial charge is 0.234 e. The predicted molar refractivity (Wildman–Crippen MR) is 184 cm³/mol. The number of hydrogen-bond donors (Lipinski definition) is 0. The predicted octanol–water partition coefficient (Wildman–Crippen LogP) is 13.1. The Morgan fingerprint density at radius 1 is 0.415 bits per heavy atom. The van der Waals surface area contributed by atoms with Crippen LogP contribution >= 0.6 is 0 Å². The molecule has 242 valence electrons. The van der Waals surface area contributed by atoms with Gasteiger partial charge in [0.2, 0.25) is 0 Å². The molecular formula is C39H77N2+. The van der Waals surface area contributed by atoms with Gasteiger partial charge in [-0.2, -0.15) is 0 Å². The first-order chi connectivity index (χ1) is 20.3. The second kappa shape index (κ2) is 30.7. The zero-order chi connectivity index (χ0) is 29.5. The van der Waals surface area contributed by atoms with E-state index >= 15 is 0 Å². The minimum atomic E-state index is 1.23. The molecule has 0 radical (unpaired) electrons. The molecule has 41 heavy (non-hydrogen) atoms. The second-order valence-electron chi connectivity index (χ2n) is 13.4. The molecule has 1 rings (SSSR count). The van der Waals surface area contributed by atoms with Crippen molar-refractivity contribution in [2.45, 2.75) is 233 Å². The number of aryl methyl sites for hydroxylation is 2. The Labute approximate surface area is 259 Å². The Balaban J connectivity index is 2.26. The summed E-state index contributed by atoms with van der Waals surface area (Å²) < 4.78 is 5.26. The third-order valence-corrected chi connectivity index (χ3v) is 9.35. The monoisotopic (exact) mass is 574 g/mol. The van der Waals surface area contributed by atoms with Crippen molar-refractivity contribution in [3.8, 4) is 0 Å². The molecule has 2 nitrogen and oxygen atoms in total. The number of unbranched alkanes of at least 4 members (excludes halogenated alkanes) is 27. The van der Waals surface area contributed by atoms with E-state index in [1.165, 1.54) is 212 Å². The van der Waals surface area contributed by atoms with Crippen LogP contribution in [0.5, 0.6) is 0 Å². The average molecular weight is 574 g/mol. The van der Waals surface area contributed by atoms with Gasteiger partial charge in [0.05, 0.1) is 13.1 Å². The minimum Gasteiger partial charge on any atom is -0.234 e. The minimum absolute atomic E-state index is 1.23. The molecule has 1 heterocycles. The zero-order valence-electron chi connectivity index (χ0n) is 28.9. The Morgan fingerprint density at radius 2 is 0.756 bits per heavy atom. The first-order valence-corrected chi connectivity index (χ1v) is 19.4. The highest BCUT2D eigenvalue weighted by molar-refractivity contribution is 4.84. The number of rotatable bonds is 33. The third-order valence-electron chi connectivity index (χ3n) is 9.35. The molecule has 0 fully saturated rings. The van der Waals surface area contributed by atoms with Gasteiger partial charge in [0.1, 0.15) is 12.4 Å². The quantitative estimate of drug-likeness (QED) is 0.0584.